The second-order valence-corrected chi connectivity index (χ2v) is 9.35. The Hall–Kier alpha value is -2.42. The minimum Gasteiger partial charge on any atom is -0.462 e. The second-order valence-electron chi connectivity index (χ2n) is 6.81. The second kappa shape index (κ2) is 8.37. The van der Waals surface area contributed by atoms with Crippen LogP contribution in [0.25, 0.3) is 10.1 Å². The van der Waals surface area contributed by atoms with Gasteiger partial charge in [-0.05, 0) is 25.0 Å². The SMILES string of the molecule is CCOC(=O)c1c(NC(=O)c2sc3ccccc3c2Cl)sc2c1CCN(C(C)=O)C2. The molecule has 0 unspecified atom stereocenters. The Labute approximate surface area is 186 Å². The molecular weight excluding hydrogens is 444 g/mol. The zero-order valence-corrected chi connectivity index (χ0v) is 18.8. The van der Waals surface area contributed by atoms with E-state index < -0.39 is 5.97 Å². The number of esters is 1. The molecule has 6 nitrogen and oxygen atoms in total. The van der Waals surface area contributed by atoms with Gasteiger partial charge in [0.05, 0.1) is 23.7 Å². The molecule has 9 heteroatoms. The molecule has 156 valence electrons. The zero-order valence-electron chi connectivity index (χ0n) is 16.4. The minimum absolute atomic E-state index is 0.0191. The zero-order chi connectivity index (χ0) is 21.4. The van der Waals surface area contributed by atoms with E-state index in [1.54, 1.807) is 11.8 Å². The van der Waals surface area contributed by atoms with E-state index in [0.717, 1.165) is 20.5 Å². The summed E-state index contributed by atoms with van der Waals surface area (Å²) >= 11 is 9.06. The first-order valence-electron chi connectivity index (χ1n) is 9.46. The molecule has 0 aliphatic carbocycles. The number of anilines is 1. The Morgan fingerprint density at radius 3 is 2.70 bits per heavy atom. The summed E-state index contributed by atoms with van der Waals surface area (Å²) in [6.07, 6.45) is 0.541. The van der Waals surface area contributed by atoms with Crippen LogP contribution in [-0.2, 0) is 22.5 Å². The van der Waals surface area contributed by atoms with Crippen LogP contribution in [0.4, 0.5) is 5.00 Å². The number of hydrogen-bond acceptors (Lipinski definition) is 6. The third-order valence-electron chi connectivity index (χ3n) is 4.95. The summed E-state index contributed by atoms with van der Waals surface area (Å²) in [5.74, 6) is -0.854. The van der Waals surface area contributed by atoms with E-state index in [-0.39, 0.29) is 18.4 Å². The maximum atomic E-state index is 13.0. The highest BCUT2D eigenvalue weighted by atomic mass is 35.5. The summed E-state index contributed by atoms with van der Waals surface area (Å²) in [5.41, 5.74) is 1.22. The van der Waals surface area contributed by atoms with E-state index in [1.807, 2.05) is 24.3 Å². The Morgan fingerprint density at radius 1 is 1.23 bits per heavy atom. The minimum atomic E-state index is -0.469. The molecule has 0 radical (unpaired) electrons. The van der Waals surface area contributed by atoms with Gasteiger partial charge in [0.2, 0.25) is 5.91 Å². The molecule has 0 spiro atoms. The van der Waals surface area contributed by atoms with Gasteiger partial charge in [-0.1, -0.05) is 29.8 Å². The lowest BCUT2D eigenvalue weighted by atomic mass is 10.0. The summed E-state index contributed by atoms with van der Waals surface area (Å²) in [6.45, 7) is 4.45. The number of nitrogens with zero attached hydrogens (tertiary/aromatic N) is 1. The molecule has 3 aromatic rings. The van der Waals surface area contributed by atoms with Crippen molar-refractivity contribution in [3.63, 3.8) is 0 Å². The van der Waals surface area contributed by atoms with Crippen molar-refractivity contribution in [2.75, 3.05) is 18.5 Å². The number of hydrogen-bond donors (Lipinski definition) is 1. The van der Waals surface area contributed by atoms with Crippen LogP contribution >= 0.6 is 34.3 Å². The van der Waals surface area contributed by atoms with Crippen molar-refractivity contribution in [1.29, 1.82) is 0 Å². The Morgan fingerprint density at radius 2 is 2.00 bits per heavy atom. The van der Waals surface area contributed by atoms with Gasteiger partial charge < -0.3 is 15.0 Å². The van der Waals surface area contributed by atoms with Crippen molar-refractivity contribution in [3.8, 4) is 0 Å². The van der Waals surface area contributed by atoms with Crippen LogP contribution in [-0.4, -0.2) is 35.8 Å². The molecule has 1 aromatic carbocycles. The van der Waals surface area contributed by atoms with E-state index in [1.165, 1.54) is 29.6 Å². The third-order valence-corrected chi connectivity index (χ3v) is 7.76. The number of thiophene rings is 2. The number of carbonyl (C=O) groups excluding carboxylic acids is 3. The predicted molar refractivity (Wildman–Crippen MR) is 120 cm³/mol. The largest absolute Gasteiger partial charge is 0.462 e. The molecule has 0 fully saturated rings. The van der Waals surface area contributed by atoms with Crippen molar-refractivity contribution in [2.24, 2.45) is 0 Å². The molecule has 30 heavy (non-hydrogen) atoms. The van der Waals surface area contributed by atoms with Gasteiger partial charge in [-0.15, -0.1) is 22.7 Å². The third kappa shape index (κ3) is 3.71. The normalized spacial score (nSPS) is 13.2. The van der Waals surface area contributed by atoms with Crippen LogP contribution in [0.5, 0.6) is 0 Å². The summed E-state index contributed by atoms with van der Waals surface area (Å²) < 4.78 is 6.16. The molecule has 0 atom stereocenters. The van der Waals surface area contributed by atoms with Crippen molar-refractivity contribution in [1.82, 2.24) is 4.90 Å². The quantitative estimate of drug-likeness (QED) is 0.556. The van der Waals surface area contributed by atoms with Crippen LogP contribution in [0.15, 0.2) is 24.3 Å². The van der Waals surface area contributed by atoms with Crippen molar-refractivity contribution >= 4 is 67.1 Å². The van der Waals surface area contributed by atoms with E-state index in [2.05, 4.69) is 5.32 Å². The molecule has 0 saturated heterocycles. The lowest BCUT2D eigenvalue weighted by molar-refractivity contribution is -0.129. The molecule has 1 aliphatic rings. The maximum absolute atomic E-state index is 13.0. The van der Waals surface area contributed by atoms with Crippen LogP contribution in [0, 0.1) is 0 Å². The van der Waals surface area contributed by atoms with Crippen molar-refractivity contribution in [3.05, 3.63) is 50.2 Å². The van der Waals surface area contributed by atoms with E-state index >= 15 is 0 Å². The molecule has 3 heterocycles. The average molecular weight is 463 g/mol. The summed E-state index contributed by atoms with van der Waals surface area (Å²) in [4.78, 5) is 40.5. The molecule has 2 amide bonds. The fourth-order valence-electron chi connectivity index (χ4n) is 3.50. The van der Waals surface area contributed by atoms with Gasteiger partial charge in [-0.3, -0.25) is 9.59 Å². The first-order valence-corrected chi connectivity index (χ1v) is 11.5. The van der Waals surface area contributed by atoms with E-state index in [9.17, 15) is 14.4 Å². The van der Waals surface area contributed by atoms with Crippen LogP contribution in [0.2, 0.25) is 5.02 Å². The van der Waals surface area contributed by atoms with Crippen LogP contribution in [0.3, 0.4) is 0 Å². The fraction of sp³-hybridized carbons (Fsp3) is 0.286. The molecule has 0 saturated carbocycles. The number of amides is 2. The standard InChI is InChI=1S/C21H19ClN2O4S2/c1-3-28-21(27)16-12-8-9-24(11(2)25)10-15(12)30-20(16)23-19(26)18-17(22)13-6-4-5-7-14(13)29-18/h4-7H,3,8-10H2,1-2H3,(H,23,26). The highest BCUT2D eigenvalue weighted by Gasteiger charge is 2.31. The summed E-state index contributed by atoms with van der Waals surface area (Å²) in [5, 5.41) is 4.52. The van der Waals surface area contributed by atoms with Gasteiger partial charge in [0, 0.05) is 28.4 Å². The number of rotatable bonds is 4. The number of fused-ring (bicyclic) bond motifs is 2. The van der Waals surface area contributed by atoms with E-state index in [0.29, 0.717) is 40.0 Å². The predicted octanol–water partition coefficient (Wildman–Crippen LogP) is 4.95. The smallest absolute Gasteiger partial charge is 0.341 e. The molecular formula is C21H19ClN2O4S2. The average Bonchev–Trinajstić information content (AvgIpc) is 3.25. The molecule has 1 N–H and O–H groups in total. The molecule has 2 aromatic heterocycles. The Balaban J connectivity index is 1.70. The first-order chi connectivity index (χ1) is 14.4. The van der Waals surface area contributed by atoms with Gasteiger partial charge in [-0.2, -0.15) is 0 Å². The summed E-state index contributed by atoms with van der Waals surface area (Å²) in [7, 11) is 0. The molecule has 1 aliphatic heterocycles. The topological polar surface area (TPSA) is 75.7 Å². The van der Waals surface area contributed by atoms with Crippen molar-refractivity contribution in [2.45, 2.75) is 26.8 Å². The van der Waals surface area contributed by atoms with Crippen molar-refractivity contribution < 1.29 is 19.1 Å². The number of benzene rings is 1. The number of nitrogens with one attached hydrogen (secondary N) is 1. The number of halogens is 1. The highest BCUT2D eigenvalue weighted by molar-refractivity contribution is 7.22. The van der Waals surface area contributed by atoms with Gasteiger partial charge in [0.1, 0.15) is 9.88 Å². The first kappa shape index (κ1) is 20.8. The maximum Gasteiger partial charge on any atom is 0.341 e. The monoisotopic (exact) mass is 462 g/mol. The lowest BCUT2D eigenvalue weighted by Gasteiger charge is -2.25. The number of carbonyl (C=O) groups is 3. The summed E-state index contributed by atoms with van der Waals surface area (Å²) in [6, 6.07) is 7.54. The van der Waals surface area contributed by atoms with Crippen LogP contribution < -0.4 is 5.32 Å². The lowest BCUT2D eigenvalue weighted by Crippen LogP contribution is -2.34. The van der Waals surface area contributed by atoms with Gasteiger partial charge in [0.15, 0.2) is 0 Å². The highest BCUT2D eigenvalue weighted by Crippen LogP contribution is 2.40. The van der Waals surface area contributed by atoms with E-state index in [4.69, 9.17) is 16.3 Å². The van der Waals surface area contributed by atoms with Gasteiger partial charge >= 0.3 is 5.97 Å². The Kier molecular flexibility index (Phi) is 5.81. The Bertz CT molecular complexity index is 1170. The van der Waals surface area contributed by atoms with Gasteiger partial charge in [-0.25, -0.2) is 4.79 Å². The van der Waals surface area contributed by atoms with Gasteiger partial charge in [0.25, 0.3) is 5.91 Å². The number of ether oxygens (including phenoxy) is 1. The molecule has 0 bridgehead atoms. The van der Waals surface area contributed by atoms with Crippen LogP contribution in [0.1, 0.15) is 44.3 Å². The fourth-order valence-corrected chi connectivity index (χ4v) is 6.16. The molecule has 4 rings (SSSR count).